The van der Waals surface area contributed by atoms with E-state index in [1.165, 1.54) is 12.8 Å². The Morgan fingerprint density at radius 3 is 3.07 bits per heavy atom. The van der Waals surface area contributed by atoms with E-state index in [1.54, 1.807) is 0 Å². The van der Waals surface area contributed by atoms with Crippen LogP contribution in [0.4, 0.5) is 0 Å². The van der Waals surface area contributed by atoms with E-state index in [1.807, 2.05) is 18.7 Å². The van der Waals surface area contributed by atoms with Crippen molar-refractivity contribution < 1.29 is 0 Å². The zero-order valence-electron chi connectivity index (χ0n) is 9.10. The summed E-state index contributed by atoms with van der Waals surface area (Å²) in [7, 11) is 0. The number of nitrogens with one attached hydrogen (secondary N) is 1. The molecule has 0 radical (unpaired) electrons. The average Bonchev–Trinajstić information content (AvgIpc) is 2.84. The Labute approximate surface area is 90.9 Å². The molecule has 1 saturated carbocycles. The first-order chi connectivity index (χ1) is 7.34. The van der Waals surface area contributed by atoms with Gasteiger partial charge in [0.2, 0.25) is 0 Å². The normalized spacial score (nSPS) is 25.9. The summed E-state index contributed by atoms with van der Waals surface area (Å²) < 4.78 is 2.11. The predicted molar refractivity (Wildman–Crippen MR) is 60.5 cm³/mol. The highest BCUT2D eigenvalue weighted by Gasteiger charge is 2.20. The summed E-state index contributed by atoms with van der Waals surface area (Å²) in [6, 6.07) is 1.08. The van der Waals surface area contributed by atoms with Gasteiger partial charge in [-0.3, -0.25) is 0 Å². The van der Waals surface area contributed by atoms with Crippen molar-refractivity contribution in [3.05, 3.63) is 18.7 Å². The van der Waals surface area contributed by atoms with Gasteiger partial charge in [-0.15, -0.1) is 0 Å². The van der Waals surface area contributed by atoms with E-state index in [2.05, 4.69) is 14.9 Å². The van der Waals surface area contributed by atoms with E-state index in [4.69, 9.17) is 5.73 Å². The van der Waals surface area contributed by atoms with E-state index in [0.717, 1.165) is 25.9 Å². The van der Waals surface area contributed by atoms with Crippen LogP contribution in [0, 0.1) is 0 Å². The molecule has 2 unspecified atom stereocenters. The number of nitrogens with zero attached hydrogens (tertiary/aromatic N) is 2. The highest BCUT2D eigenvalue weighted by molar-refractivity contribution is 4.82. The number of nitrogens with two attached hydrogens (primary N) is 1. The van der Waals surface area contributed by atoms with Crippen molar-refractivity contribution in [1.29, 1.82) is 0 Å². The second-order valence-electron chi connectivity index (χ2n) is 4.38. The lowest BCUT2D eigenvalue weighted by molar-refractivity contribution is 0.490. The minimum absolute atomic E-state index is 0.427. The van der Waals surface area contributed by atoms with Gasteiger partial charge < -0.3 is 15.6 Å². The Kier molecular flexibility index (Phi) is 3.75. The van der Waals surface area contributed by atoms with Crippen molar-refractivity contribution in [3.63, 3.8) is 0 Å². The predicted octanol–water partition coefficient (Wildman–Crippen LogP) is 0.743. The third-order valence-electron chi connectivity index (χ3n) is 3.06. The molecule has 1 aromatic heterocycles. The SMILES string of the molecule is NC1CCC(NCCCn2ccnc2)C1. The third-order valence-corrected chi connectivity index (χ3v) is 3.06. The van der Waals surface area contributed by atoms with Crippen LogP contribution in [0.5, 0.6) is 0 Å². The van der Waals surface area contributed by atoms with Crippen molar-refractivity contribution in [2.75, 3.05) is 6.54 Å². The van der Waals surface area contributed by atoms with Gasteiger partial charge in [-0.25, -0.2) is 4.98 Å². The van der Waals surface area contributed by atoms with Gasteiger partial charge in [0.05, 0.1) is 6.33 Å². The average molecular weight is 208 g/mol. The minimum atomic E-state index is 0.427. The number of aromatic nitrogens is 2. The highest BCUT2D eigenvalue weighted by atomic mass is 15.0. The Bertz CT molecular complexity index is 270. The van der Waals surface area contributed by atoms with Gasteiger partial charge in [0, 0.05) is 31.0 Å². The van der Waals surface area contributed by atoms with Crippen LogP contribution in [0.2, 0.25) is 0 Å². The zero-order valence-corrected chi connectivity index (χ0v) is 9.10. The molecule has 0 bridgehead atoms. The van der Waals surface area contributed by atoms with E-state index < -0.39 is 0 Å². The Balaban J connectivity index is 1.55. The maximum Gasteiger partial charge on any atom is 0.0945 e. The Morgan fingerprint density at radius 1 is 1.47 bits per heavy atom. The first-order valence-corrected chi connectivity index (χ1v) is 5.79. The first-order valence-electron chi connectivity index (χ1n) is 5.79. The van der Waals surface area contributed by atoms with Crippen molar-refractivity contribution in [2.24, 2.45) is 5.73 Å². The molecule has 0 amide bonds. The number of hydrogen-bond acceptors (Lipinski definition) is 3. The molecule has 84 valence electrons. The van der Waals surface area contributed by atoms with Crippen LogP contribution in [0.25, 0.3) is 0 Å². The molecular formula is C11H20N4. The summed E-state index contributed by atoms with van der Waals surface area (Å²) in [5.74, 6) is 0. The van der Waals surface area contributed by atoms with Gasteiger partial charge in [-0.2, -0.15) is 0 Å². The summed E-state index contributed by atoms with van der Waals surface area (Å²) in [6.07, 6.45) is 10.4. The molecule has 1 fully saturated rings. The molecule has 2 rings (SSSR count). The molecule has 0 spiro atoms. The van der Waals surface area contributed by atoms with Crippen molar-refractivity contribution >= 4 is 0 Å². The van der Waals surface area contributed by atoms with E-state index >= 15 is 0 Å². The lowest BCUT2D eigenvalue weighted by Crippen LogP contribution is -2.29. The monoisotopic (exact) mass is 208 g/mol. The molecule has 0 aromatic carbocycles. The van der Waals surface area contributed by atoms with E-state index in [0.29, 0.717) is 12.1 Å². The van der Waals surface area contributed by atoms with Crippen molar-refractivity contribution in [1.82, 2.24) is 14.9 Å². The molecule has 15 heavy (non-hydrogen) atoms. The number of rotatable bonds is 5. The maximum atomic E-state index is 5.85. The lowest BCUT2D eigenvalue weighted by Gasteiger charge is -2.11. The molecule has 1 aliphatic rings. The molecule has 4 heteroatoms. The molecule has 4 nitrogen and oxygen atoms in total. The molecule has 1 heterocycles. The highest BCUT2D eigenvalue weighted by Crippen LogP contribution is 2.16. The number of imidazole rings is 1. The number of aryl methyl sites for hydroxylation is 1. The van der Waals surface area contributed by atoms with Crippen molar-refractivity contribution in [2.45, 2.75) is 44.3 Å². The van der Waals surface area contributed by atoms with E-state index in [-0.39, 0.29) is 0 Å². The molecule has 3 N–H and O–H groups in total. The quantitative estimate of drug-likeness (QED) is 0.702. The summed E-state index contributed by atoms with van der Waals surface area (Å²) in [5.41, 5.74) is 5.85. The van der Waals surface area contributed by atoms with Gasteiger partial charge >= 0.3 is 0 Å². The van der Waals surface area contributed by atoms with Crippen LogP contribution in [0.1, 0.15) is 25.7 Å². The van der Waals surface area contributed by atoms with Crippen molar-refractivity contribution in [3.8, 4) is 0 Å². The molecule has 2 atom stereocenters. The summed E-state index contributed by atoms with van der Waals surface area (Å²) in [6.45, 7) is 2.13. The van der Waals surface area contributed by atoms with Gasteiger partial charge in [-0.05, 0) is 32.2 Å². The first kappa shape index (κ1) is 10.6. The molecule has 0 aliphatic heterocycles. The third kappa shape index (κ3) is 3.32. The maximum absolute atomic E-state index is 5.85. The van der Waals surface area contributed by atoms with Crippen LogP contribution >= 0.6 is 0 Å². The zero-order chi connectivity index (χ0) is 10.5. The number of hydrogen-bond donors (Lipinski definition) is 2. The summed E-state index contributed by atoms with van der Waals surface area (Å²) >= 11 is 0. The Morgan fingerprint density at radius 2 is 2.40 bits per heavy atom. The summed E-state index contributed by atoms with van der Waals surface area (Å²) in [4.78, 5) is 4.01. The van der Waals surface area contributed by atoms with Gasteiger partial charge in [0.25, 0.3) is 0 Å². The molecule has 0 saturated heterocycles. The minimum Gasteiger partial charge on any atom is -0.337 e. The van der Waals surface area contributed by atoms with Gasteiger partial charge in [-0.1, -0.05) is 0 Å². The largest absolute Gasteiger partial charge is 0.337 e. The molecule has 1 aromatic rings. The fourth-order valence-electron chi connectivity index (χ4n) is 2.19. The standard InChI is InChI=1S/C11H20N4/c12-10-2-3-11(8-10)14-4-1-6-15-7-5-13-9-15/h5,7,9-11,14H,1-4,6,8,12H2. The second-order valence-corrected chi connectivity index (χ2v) is 4.38. The second kappa shape index (κ2) is 5.28. The van der Waals surface area contributed by atoms with Gasteiger partial charge in [0.1, 0.15) is 0 Å². The Hall–Kier alpha value is -0.870. The topological polar surface area (TPSA) is 55.9 Å². The van der Waals surface area contributed by atoms with Gasteiger partial charge in [0.15, 0.2) is 0 Å². The lowest BCUT2D eigenvalue weighted by atomic mass is 10.2. The van der Waals surface area contributed by atoms with Crippen LogP contribution in [0.15, 0.2) is 18.7 Å². The van der Waals surface area contributed by atoms with Crippen LogP contribution in [-0.2, 0) is 6.54 Å². The molecular weight excluding hydrogens is 188 g/mol. The smallest absolute Gasteiger partial charge is 0.0945 e. The van der Waals surface area contributed by atoms with Crippen LogP contribution in [-0.4, -0.2) is 28.2 Å². The molecule has 1 aliphatic carbocycles. The fourth-order valence-corrected chi connectivity index (χ4v) is 2.19. The van der Waals surface area contributed by atoms with E-state index in [9.17, 15) is 0 Å². The fraction of sp³-hybridized carbons (Fsp3) is 0.727. The van der Waals surface area contributed by atoms with Crippen LogP contribution in [0.3, 0.4) is 0 Å². The summed E-state index contributed by atoms with van der Waals surface area (Å²) in [5, 5.41) is 3.56. The van der Waals surface area contributed by atoms with Crippen LogP contribution < -0.4 is 11.1 Å².